The number of hydrogen-bond acceptors (Lipinski definition) is 3. The van der Waals surface area contributed by atoms with E-state index < -0.39 is 5.60 Å². The molecule has 6 heteroatoms. The molecule has 1 aromatic rings. The summed E-state index contributed by atoms with van der Waals surface area (Å²) in [5, 5.41) is 11.0. The zero-order valence-electron chi connectivity index (χ0n) is 13.5. The van der Waals surface area contributed by atoms with Crippen LogP contribution >= 0.6 is 23.2 Å². The zero-order valence-corrected chi connectivity index (χ0v) is 15.0. The molecule has 3 atom stereocenters. The molecular weight excluding hydrogens is 337 g/mol. The molecule has 1 heterocycles. The number of ether oxygens (including phenoxy) is 1. The quantitative estimate of drug-likeness (QED) is 0.877. The second kappa shape index (κ2) is 5.54. The zero-order chi connectivity index (χ0) is 17.0. The average Bonchev–Trinajstić information content (AvgIpc) is 2.84. The molecule has 1 aliphatic carbocycles. The minimum Gasteiger partial charge on any atom is -0.444 e. The number of likely N-dealkylation sites (tertiary alicyclic amines) is 1. The van der Waals surface area contributed by atoms with Crippen molar-refractivity contribution in [2.24, 2.45) is 11.8 Å². The lowest BCUT2D eigenvalue weighted by molar-refractivity contribution is 0.0252. The van der Waals surface area contributed by atoms with Crippen LogP contribution in [0.15, 0.2) is 18.2 Å². The van der Waals surface area contributed by atoms with Crippen molar-refractivity contribution < 1.29 is 14.6 Å². The molecule has 1 N–H and O–H groups in total. The van der Waals surface area contributed by atoms with Crippen molar-refractivity contribution in [2.45, 2.75) is 31.8 Å². The van der Waals surface area contributed by atoms with Crippen molar-refractivity contribution in [3.05, 3.63) is 33.8 Å². The molecule has 0 spiro atoms. The van der Waals surface area contributed by atoms with Crippen LogP contribution in [0.2, 0.25) is 10.0 Å². The van der Waals surface area contributed by atoms with Gasteiger partial charge in [0.1, 0.15) is 5.60 Å². The summed E-state index contributed by atoms with van der Waals surface area (Å²) < 4.78 is 5.42. The number of carbonyl (C=O) groups is 1. The largest absolute Gasteiger partial charge is 0.444 e. The van der Waals surface area contributed by atoms with E-state index in [2.05, 4.69) is 0 Å². The summed E-state index contributed by atoms with van der Waals surface area (Å²) in [7, 11) is 0. The van der Waals surface area contributed by atoms with Crippen LogP contribution < -0.4 is 0 Å². The molecule has 0 bridgehead atoms. The Kier molecular flexibility index (Phi) is 4.06. The van der Waals surface area contributed by atoms with Crippen molar-refractivity contribution in [3.63, 3.8) is 0 Å². The van der Waals surface area contributed by atoms with Gasteiger partial charge >= 0.3 is 6.09 Å². The summed E-state index contributed by atoms with van der Waals surface area (Å²) >= 11 is 12.1. The smallest absolute Gasteiger partial charge is 0.410 e. The van der Waals surface area contributed by atoms with Crippen molar-refractivity contribution in [2.75, 3.05) is 19.7 Å². The van der Waals surface area contributed by atoms with E-state index in [9.17, 15) is 9.90 Å². The lowest BCUT2D eigenvalue weighted by Gasteiger charge is -2.28. The SMILES string of the molecule is CC(C)(C)OC(=O)N1C[C@@H]2[C@H](C1)[C@]2(CO)c1ccc(Cl)c(Cl)c1. The average molecular weight is 358 g/mol. The molecule has 0 unspecified atom stereocenters. The number of aliphatic hydroxyl groups excluding tert-OH is 1. The normalized spacial score (nSPS) is 29.4. The van der Waals surface area contributed by atoms with Gasteiger partial charge in [0.2, 0.25) is 0 Å². The van der Waals surface area contributed by atoms with Crippen molar-refractivity contribution in [1.29, 1.82) is 0 Å². The summed E-state index contributed by atoms with van der Waals surface area (Å²) in [6, 6.07) is 5.51. The molecule has 0 radical (unpaired) electrons. The summed E-state index contributed by atoms with van der Waals surface area (Å²) in [4.78, 5) is 13.9. The summed E-state index contributed by atoms with van der Waals surface area (Å²) in [5.74, 6) is 0.467. The summed E-state index contributed by atoms with van der Waals surface area (Å²) in [6.45, 7) is 6.81. The summed E-state index contributed by atoms with van der Waals surface area (Å²) in [5.41, 5.74) is 0.183. The first-order valence-corrected chi connectivity index (χ1v) is 8.49. The number of halogens is 2. The monoisotopic (exact) mass is 357 g/mol. The number of piperidine rings is 1. The lowest BCUT2D eigenvalue weighted by Crippen LogP contribution is -2.39. The van der Waals surface area contributed by atoms with Crippen LogP contribution in [0.5, 0.6) is 0 Å². The molecule has 1 saturated carbocycles. The van der Waals surface area contributed by atoms with Gasteiger partial charge < -0.3 is 14.7 Å². The van der Waals surface area contributed by atoms with E-state index in [1.807, 2.05) is 32.9 Å². The maximum atomic E-state index is 12.2. The van der Waals surface area contributed by atoms with Gasteiger partial charge in [-0.25, -0.2) is 4.79 Å². The predicted molar refractivity (Wildman–Crippen MR) is 90.0 cm³/mol. The van der Waals surface area contributed by atoms with Gasteiger partial charge in [0.25, 0.3) is 0 Å². The highest BCUT2D eigenvalue weighted by Gasteiger charge is 2.69. The Morgan fingerprint density at radius 2 is 1.91 bits per heavy atom. The first-order chi connectivity index (χ1) is 10.7. The molecular formula is C17H21Cl2NO3. The first-order valence-electron chi connectivity index (χ1n) is 7.73. The van der Waals surface area contributed by atoms with E-state index in [1.54, 1.807) is 11.0 Å². The van der Waals surface area contributed by atoms with Crippen LogP contribution in [0.3, 0.4) is 0 Å². The Morgan fingerprint density at radius 3 is 2.39 bits per heavy atom. The highest BCUT2D eigenvalue weighted by molar-refractivity contribution is 6.42. The van der Waals surface area contributed by atoms with Crippen LogP contribution in [0.4, 0.5) is 4.79 Å². The van der Waals surface area contributed by atoms with Crippen LogP contribution in [-0.4, -0.2) is 41.4 Å². The topological polar surface area (TPSA) is 49.8 Å². The highest BCUT2D eigenvalue weighted by atomic mass is 35.5. The summed E-state index contributed by atoms with van der Waals surface area (Å²) in [6.07, 6.45) is -0.286. The number of fused-ring (bicyclic) bond motifs is 1. The molecule has 1 amide bonds. The van der Waals surface area contributed by atoms with Crippen LogP contribution in [0.25, 0.3) is 0 Å². The number of amides is 1. The van der Waals surface area contributed by atoms with E-state index in [0.29, 0.717) is 23.1 Å². The maximum Gasteiger partial charge on any atom is 0.410 e. The fourth-order valence-electron chi connectivity index (χ4n) is 3.75. The number of nitrogens with zero attached hydrogens (tertiary/aromatic N) is 1. The van der Waals surface area contributed by atoms with Gasteiger partial charge in [-0.3, -0.25) is 0 Å². The number of aliphatic hydroxyl groups is 1. The molecule has 1 aliphatic heterocycles. The van der Waals surface area contributed by atoms with Gasteiger partial charge in [0.05, 0.1) is 16.7 Å². The van der Waals surface area contributed by atoms with Gasteiger partial charge in [-0.15, -0.1) is 0 Å². The van der Waals surface area contributed by atoms with Gasteiger partial charge in [-0.2, -0.15) is 0 Å². The molecule has 4 nitrogen and oxygen atoms in total. The van der Waals surface area contributed by atoms with Crippen LogP contribution in [0.1, 0.15) is 26.3 Å². The third kappa shape index (κ3) is 2.81. The molecule has 1 aromatic carbocycles. The Morgan fingerprint density at radius 1 is 1.30 bits per heavy atom. The molecule has 2 aliphatic rings. The first kappa shape index (κ1) is 16.9. The molecule has 126 valence electrons. The molecule has 23 heavy (non-hydrogen) atoms. The van der Waals surface area contributed by atoms with Crippen LogP contribution in [-0.2, 0) is 10.2 Å². The number of carbonyl (C=O) groups excluding carboxylic acids is 1. The molecule has 1 saturated heterocycles. The second-order valence-corrected chi connectivity index (χ2v) is 8.24. The van der Waals surface area contributed by atoms with E-state index in [-0.39, 0.29) is 30.0 Å². The third-order valence-electron chi connectivity index (χ3n) is 4.90. The Labute approximate surface area is 146 Å². The Hall–Kier alpha value is -0.970. The second-order valence-electron chi connectivity index (χ2n) is 7.43. The van der Waals surface area contributed by atoms with Gasteiger partial charge in [-0.05, 0) is 50.3 Å². The molecule has 0 aromatic heterocycles. The van der Waals surface area contributed by atoms with Crippen LogP contribution in [0, 0.1) is 11.8 Å². The standard InChI is InChI=1S/C17H21Cl2NO3/c1-16(2,3)23-15(22)20-7-11-12(8-20)17(11,9-21)10-4-5-13(18)14(19)6-10/h4-6,11-12,21H,7-9H2,1-3H3/t11-,12+,17-. The minimum atomic E-state index is -0.498. The van der Waals surface area contributed by atoms with Gasteiger partial charge in [-0.1, -0.05) is 29.3 Å². The Bertz CT molecular complexity index is 629. The van der Waals surface area contributed by atoms with E-state index in [4.69, 9.17) is 27.9 Å². The van der Waals surface area contributed by atoms with Crippen molar-refractivity contribution >= 4 is 29.3 Å². The molecule has 3 rings (SSSR count). The van der Waals surface area contributed by atoms with E-state index in [0.717, 1.165) is 5.56 Å². The lowest BCUT2D eigenvalue weighted by atomic mass is 9.91. The fourth-order valence-corrected chi connectivity index (χ4v) is 4.05. The third-order valence-corrected chi connectivity index (χ3v) is 5.64. The Balaban J connectivity index is 1.74. The fraction of sp³-hybridized carbons (Fsp3) is 0.588. The molecule has 2 fully saturated rings. The van der Waals surface area contributed by atoms with E-state index >= 15 is 0 Å². The number of hydrogen-bond donors (Lipinski definition) is 1. The predicted octanol–water partition coefficient (Wildman–Crippen LogP) is 3.72. The highest BCUT2D eigenvalue weighted by Crippen LogP contribution is 2.63. The minimum absolute atomic E-state index is 0.0441. The van der Waals surface area contributed by atoms with Gasteiger partial charge in [0, 0.05) is 18.5 Å². The van der Waals surface area contributed by atoms with Gasteiger partial charge in [0.15, 0.2) is 0 Å². The maximum absolute atomic E-state index is 12.2. The number of benzene rings is 1. The number of rotatable bonds is 2. The van der Waals surface area contributed by atoms with Crippen molar-refractivity contribution in [1.82, 2.24) is 4.90 Å². The van der Waals surface area contributed by atoms with Crippen molar-refractivity contribution in [3.8, 4) is 0 Å². The van der Waals surface area contributed by atoms with E-state index in [1.165, 1.54) is 0 Å².